The Morgan fingerprint density at radius 2 is 1.32 bits per heavy atom. The van der Waals surface area contributed by atoms with Gasteiger partial charge in [-0.25, -0.2) is 4.79 Å². The number of hydrogen-bond acceptors (Lipinski definition) is 8. The van der Waals surface area contributed by atoms with Gasteiger partial charge in [-0.05, 0) is 43.4 Å². The molecule has 0 spiro atoms. The summed E-state index contributed by atoms with van der Waals surface area (Å²) < 4.78 is 5.25. The maximum atomic E-state index is 13.3. The number of benzene rings is 2. The van der Waals surface area contributed by atoms with Crippen molar-refractivity contribution in [1.82, 2.24) is 10.6 Å². The molecule has 0 saturated heterocycles. The van der Waals surface area contributed by atoms with E-state index in [1.807, 2.05) is 6.07 Å². The first kappa shape index (κ1) is 39.2. The van der Waals surface area contributed by atoms with Crippen LogP contribution in [-0.4, -0.2) is 59.9 Å². The Kier molecular flexibility index (Phi) is 18.7. The zero-order chi connectivity index (χ0) is 30.9. The molecule has 0 saturated carbocycles. The largest absolute Gasteiger partial charge is 0.445 e. The second-order valence-corrected chi connectivity index (χ2v) is 9.01. The number of hydrogen-bond donors (Lipinski definition) is 7. The highest BCUT2D eigenvalue weighted by Gasteiger charge is 2.27. The number of rotatable bonds is 16. The number of carbonyl (C=O) groups excluding carboxylic acids is 3. The molecule has 0 aliphatic carbocycles. The number of non-ortho nitro benzene ring substituents is 1. The Balaban J connectivity index is 0.00000924. The number of nitrogens with two attached hydrogens (primary N) is 4. The smallest absolute Gasteiger partial charge is 0.408 e. The summed E-state index contributed by atoms with van der Waals surface area (Å²) in [6.45, 7) is 0.390. The number of nitrogens with zero attached hydrogens (tertiary/aromatic N) is 3. The van der Waals surface area contributed by atoms with Crippen LogP contribution < -0.4 is 38.9 Å². The van der Waals surface area contributed by atoms with Gasteiger partial charge in [0.15, 0.2) is 11.9 Å². The molecule has 2 aromatic carbocycles. The number of amides is 3. The van der Waals surface area contributed by atoms with Gasteiger partial charge in [0.1, 0.15) is 18.7 Å². The minimum Gasteiger partial charge on any atom is -0.445 e. The van der Waals surface area contributed by atoms with Crippen molar-refractivity contribution in [3.8, 4) is 0 Å². The molecular weight excluding hydrogens is 619 g/mol. The minimum absolute atomic E-state index is 0. The number of ether oxygens (including phenoxy) is 1. The number of aliphatic imine (C=N–C) groups is 2. The first-order valence-corrected chi connectivity index (χ1v) is 13.0. The third-order valence-corrected chi connectivity index (χ3v) is 5.69. The molecule has 3 amide bonds. The average Bonchev–Trinajstić information content (AvgIpc) is 2.95. The Hall–Kier alpha value is -4.83. The van der Waals surface area contributed by atoms with E-state index in [-0.39, 0.29) is 80.6 Å². The zero-order valence-corrected chi connectivity index (χ0v) is 25.4. The van der Waals surface area contributed by atoms with Gasteiger partial charge in [-0.3, -0.25) is 29.7 Å². The van der Waals surface area contributed by atoms with E-state index in [1.54, 1.807) is 24.3 Å². The molecule has 242 valence electrons. The number of carbonyl (C=O) groups is 3. The molecule has 0 aromatic heterocycles. The van der Waals surface area contributed by atoms with Gasteiger partial charge in [0.25, 0.3) is 5.69 Å². The van der Waals surface area contributed by atoms with Crippen molar-refractivity contribution in [3.63, 3.8) is 0 Å². The van der Waals surface area contributed by atoms with Crippen LogP contribution in [0, 0.1) is 10.1 Å². The summed E-state index contributed by atoms with van der Waals surface area (Å²) in [5.41, 5.74) is 22.3. The molecule has 18 heteroatoms. The van der Waals surface area contributed by atoms with Crippen LogP contribution in [0.4, 0.5) is 16.2 Å². The van der Waals surface area contributed by atoms with Crippen LogP contribution in [0.5, 0.6) is 0 Å². The van der Waals surface area contributed by atoms with Crippen LogP contribution >= 0.6 is 24.8 Å². The first-order chi connectivity index (χ1) is 20.0. The van der Waals surface area contributed by atoms with Crippen molar-refractivity contribution >= 4 is 66.0 Å². The van der Waals surface area contributed by atoms with Gasteiger partial charge in [-0.15, -0.1) is 24.8 Å². The topological polar surface area (TPSA) is 268 Å². The molecule has 0 aliphatic heterocycles. The Morgan fingerprint density at radius 1 is 0.795 bits per heavy atom. The van der Waals surface area contributed by atoms with E-state index >= 15 is 0 Å². The standard InChI is InChI=1S/C26H36N10O6.2ClH/c27-24(28)31-14-4-8-20(22(37)33-18-10-12-19(13-11-18)36(40)41)34-23(38)21(9-5-15-32-25(29)30)35-26(39)42-16-17-6-2-1-3-7-17;;/h1-3,6-7,10-13,20-21H,4-5,8-9,14-16H2,(H,33,37)(H,34,38)(H,35,39)(H4,27,28,31)(H4,29,30,32);2*1H/t20-,21-;;/m1../s1. The van der Waals surface area contributed by atoms with Gasteiger partial charge in [-0.2, -0.15) is 0 Å². The third kappa shape index (κ3) is 15.4. The second kappa shape index (κ2) is 21.0. The minimum atomic E-state index is -1.09. The van der Waals surface area contributed by atoms with E-state index in [0.29, 0.717) is 12.8 Å². The first-order valence-electron chi connectivity index (χ1n) is 13.0. The normalized spacial score (nSPS) is 11.2. The fourth-order valence-electron chi connectivity index (χ4n) is 3.62. The van der Waals surface area contributed by atoms with Crippen molar-refractivity contribution in [2.45, 2.75) is 44.4 Å². The predicted octanol–water partition coefficient (Wildman–Crippen LogP) is 1.26. The van der Waals surface area contributed by atoms with Crippen LogP contribution in [-0.2, 0) is 20.9 Å². The van der Waals surface area contributed by atoms with E-state index < -0.39 is 34.9 Å². The fraction of sp³-hybridized carbons (Fsp3) is 0.346. The number of halogens is 2. The molecule has 2 atom stereocenters. The van der Waals surface area contributed by atoms with Crippen molar-refractivity contribution in [1.29, 1.82) is 0 Å². The van der Waals surface area contributed by atoms with E-state index in [9.17, 15) is 24.5 Å². The van der Waals surface area contributed by atoms with Crippen molar-refractivity contribution < 1.29 is 24.0 Å². The molecular formula is C26H38Cl2N10O6. The number of nitrogens with one attached hydrogen (secondary N) is 3. The summed E-state index contributed by atoms with van der Waals surface area (Å²) in [7, 11) is 0. The third-order valence-electron chi connectivity index (χ3n) is 5.69. The average molecular weight is 658 g/mol. The summed E-state index contributed by atoms with van der Waals surface area (Å²) >= 11 is 0. The van der Waals surface area contributed by atoms with Crippen molar-refractivity contribution in [2.24, 2.45) is 32.9 Å². The number of anilines is 1. The van der Waals surface area contributed by atoms with Gasteiger partial charge < -0.3 is 43.6 Å². The maximum absolute atomic E-state index is 13.3. The highest BCUT2D eigenvalue weighted by atomic mass is 35.5. The van der Waals surface area contributed by atoms with Gasteiger partial charge in [0.05, 0.1) is 4.92 Å². The number of alkyl carbamates (subject to hydrolysis) is 1. The molecule has 44 heavy (non-hydrogen) atoms. The lowest BCUT2D eigenvalue weighted by molar-refractivity contribution is -0.384. The number of guanidine groups is 2. The molecule has 0 aliphatic rings. The second-order valence-electron chi connectivity index (χ2n) is 9.01. The Labute approximate surface area is 266 Å². The monoisotopic (exact) mass is 656 g/mol. The lowest BCUT2D eigenvalue weighted by atomic mass is 10.1. The highest BCUT2D eigenvalue weighted by Crippen LogP contribution is 2.16. The van der Waals surface area contributed by atoms with Crippen LogP contribution in [0.25, 0.3) is 0 Å². The maximum Gasteiger partial charge on any atom is 0.408 e. The van der Waals surface area contributed by atoms with E-state index in [2.05, 4.69) is 25.9 Å². The number of nitro benzene ring substituents is 1. The van der Waals surface area contributed by atoms with Crippen LogP contribution in [0.1, 0.15) is 31.2 Å². The SMILES string of the molecule is Cl.Cl.NC(N)=NCCC[C@@H](NC(=O)OCc1ccccc1)C(=O)N[C@H](CCCN=C(N)N)C(=O)Nc1ccc([N+](=O)[O-])cc1. The molecule has 0 unspecified atom stereocenters. The van der Waals surface area contributed by atoms with E-state index in [4.69, 9.17) is 27.7 Å². The fourth-order valence-corrected chi connectivity index (χ4v) is 3.62. The molecule has 2 aromatic rings. The molecule has 0 heterocycles. The molecule has 2 rings (SSSR count). The van der Waals surface area contributed by atoms with Gasteiger partial charge >= 0.3 is 6.09 Å². The van der Waals surface area contributed by atoms with Crippen molar-refractivity contribution in [2.75, 3.05) is 18.4 Å². The lowest BCUT2D eigenvalue weighted by Gasteiger charge is -2.23. The molecule has 0 fully saturated rings. The lowest BCUT2D eigenvalue weighted by Crippen LogP contribution is -2.52. The van der Waals surface area contributed by atoms with Gasteiger partial charge in [0, 0.05) is 30.9 Å². The molecule has 16 nitrogen and oxygen atoms in total. The van der Waals surface area contributed by atoms with E-state index in [0.717, 1.165) is 5.56 Å². The van der Waals surface area contributed by atoms with E-state index in [1.165, 1.54) is 24.3 Å². The summed E-state index contributed by atoms with van der Waals surface area (Å²) in [6.07, 6.45) is 0.103. The quantitative estimate of drug-likeness (QED) is 0.0446. The molecule has 0 bridgehead atoms. The van der Waals surface area contributed by atoms with Gasteiger partial charge in [-0.1, -0.05) is 30.3 Å². The van der Waals surface area contributed by atoms with Crippen molar-refractivity contribution in [3.05, 3.63) is 70.3 Å². The summed E-state index contributed by atoms with van der Waals surface area (Å²) in [5.74, 6) is -1.48. The summed E-state index contributed by atoms with van der Waals surface area (Å²) in [4.78, 5) is 57.1. The van der Waals surface area contributed by atoms with Crippen LogP contribution in [0.3, 0.4) is 0 Å². The molecule has 0 radical (unpaired) electrons. The Bertz CT molecular complexity index is 1260. The van der Waals surface area contributed by atoms with Gasteiger partial charge in [0.2, 0.25) is 11.8 Å². The summed E-state index contributed by atoms with van der Waals surface area (Å²) in [6, 6.07) is 12.0. The zero-order valence-electron chi connectivity index (χ0n) is 23.7. The highest BCUT2D eigenvalue weighted by molar-refractivity contribution is 5.98. The van der Waals surface area contributed by atoms with Crippen LogP contribution in [0.15, 0.2) is 64.6 Å². The van der Waals surface area contributed by atoms with Crippen LogP contribution in [0.2, 0.25) is 0 Å². The predicted molar refractivity (Wildman–Crippen MR) is 172 cm³/mol. The summed E-state index contributed by atoms with van der Waals surface area (Å²) in [5, 5.41) is 18.7. The number of nitro groups is 1. The molecule has 11 N–H and O–H groups in total. The Morgan fingerprint density at radius 3 is 1.82 bits per heavy atom.